The Bertz CT molecular complexity index is 788. The number of alkyl halides is 3. The second-order valence-electron chi connectivity index (χ2n) is 7.19. The lowest BCUT2D eigenvalue weighted by Crippen LogP contribution is -2.64. The minimum Gasteiger partial charge on any atom is -0.444 e. The summed E-state index contributed by atoms with van der Waals surface area (Å²) in [6.07, 6.45) is -6.48. The summed E-state index contributed by atoms with van der Waals surface area (Å²) in [5.41, 5.74) is 1.15. The van der Waals surface area contributed by atoms with Gasteiger partial charge in [0.2, 0.25) is 5.91 Å². The van der Waals surface area contributed by atoms with Gasteiger partial charge in [0.25, 0.3) is 5.91 Å². The normalized spacial score (nSPS) is 20.9. The molecule has 1 aromatic carbocycles. The third-order valence-corrected chi connectivity index (χ3v) is 4.08. The first-order valence-electron chi connectivity index (χ1n) is 7.96. The number of nitrogens with zero attached hydrogens (tertiary/aromatic N) is 1. The Morgan fingerprint density at radius 2 is 1.78 bits per heavy atom. The molecule has 1 aliphatic rings. The molecular weight excluding hydrogens is 367 g/mol. The quantitative estimate of drug-likeness (QED) is 0.829. The summed E-state index contributed by atoms with van der Waals surface area (Å²) in [7, 11) is 1.24. The number of hydrogen-bond acceptors (Lipinski definition) is 4. The topological polar surface area (TPSA) is 102 Å². The van der Waals surface area contributed by atoms with Crippen LogP contribution in [0.1, 0.15) is 26.3 Å². The molecule has 0 fully saturated rings. The molecule has 0 radical (unpaired) electrons. The Kier molecular flexibility index (Phi) is 4.89. The van der Waals surface area contributed by atoms with Gasteiger partial charge in [-0.2, -0.15) is 13.2 Å². The lowest BCUT2D eigenvalue weighted by Gasteiger charge is -2.36. The Morgan fingerprint density at radius 3 is 2.26 bits per heavy atom. The van der Waals surface area contributed by atoms with Gasteiger partial charge in [0.05, 0.1) is 0 Å². The monoisotopic (exact) mass is 387 g/mol. The molecule has 10 heteroatoms. The Labute approximate surface area is 153 Å². The van der Waals surface area contributed by atoms with E-state index in [0.29, 0.717) is 0 Å². The number of hydrogen-bond donors (Lipinski definition) is 2. The molecule has 1 heterocycles. The number of rotatable bonds is 3. The summed E-state index contributed by atoms with van der Waals surface area (Å²) in [5.74, 6) is -5.93. The number of nitrogens with one attached hydrogen (secondary N) is 1. The van der Waals surface area contributed by atoms with E-state index < -0.39 is 41.1 Å². The number of ether oxygens (including phenoxy) is 1. The van der Waals surface area contributed by atoms with E-state index in [-0.39, 0.29) is 11.3 Å². The van der Waals surface area contributed by atoms with E-state index >= 15 is 0 Å². The first kappa shape index (κ1) is 20.5. The summed E-state index contributed by atoms with van der Waals surface area (Å²) >= 11 is 0. The van der Waals surface area contributed by atoms with Crippen molar-refractivity contribution in [2.75, 3.05) is 11.9 Å². The Hall–Kier alpha value is -2.78. The molecule has 0 aliphatic carbocycles. The van der Waals surface area contributed by atoms with E-state index in [1.165, 1.54) is 52.1 Å². The number of para-hydroxylation sites is 1. The highest BCUT2D eigenvalue weighted by Gasteiger charge is 2.66. The molecule has 148 valence electrons. The molecular formula is C17H20F3N3O4. The first-order valence-corrected chi connectivity index (χ1v) is 7.96. The largest absolute Gasteiger partial charge is 0.444 e. The van der Waals surface area contributed by atoms with Crippen LogP contribution >= 0.6 is 0 Å². The molecule has 0 unspecified atom stereocenters. The highest BCUT2D eigenvalue weighted by Crippen LogP contribution is 2.49. The Morgan fingerprint density at radius 1 is 1.22 bits per heavy atom. The maximum absolute atomic E-state index is 13.8. The number of benzene rings is 1. The maximum Gasteiger partial charge on any atom is 0.408 e. The number of halogens is 3. The predicted octanol–water partition coefficient (Wildman–Crippen LogP) is 2.05. The summed E-state index contributed by atoms with van der Waals surface area (Å²) in [5, 5.41) is 2.00. The first-order chi connectivity index (χ1) is 12.2. The second-order valence-corrected chi connectivity index (χ2v) is 7.19. The van der Waals surface area contributed by atoms with E-state index in [0.717, 1.165) is 4.90 Å². The van der Waals surface area contributed by atoms with Crippen molar-refractivity contribution in [1.82, 2.24) is 5.32 Å². The summed E-state index contributed by atoms with van der Waals surface area (Å²) < 4.78 is 46.4. The zero-order valence-corrected chi connectivity index (χ0v) is 15.2. The Balaban J connectivity index is 2.72. The highest BCUT2D eigenvalue weighted by atomic mass is 19.4. The van der Waals surface area contributed by atoms with Gasteiger partial charge in [-0.15, -0.1) is 0 Å². The molecule has 2 rings (SSSR count). The number of carbonyl (C=O) groups excluding carboxylic acids is 3. The predicted molar refractivity (Wildman–Crippen MR) is 89.6 cm³/mol. The molecule has 0 spiro atoms. The lowest BCUT2D eigenvalue weighted by molar-refractivity contribution is -0.199. The minimum absolute atomic E-state index is 0.119. The van der Waals surface area contributed by atoms with Gasteiger partial charge in [0.1, 0.15) is 5.60 Å². The van der Waals surface area contributed by atoms with Crippen LogP contribution in [-0.2, 0) is 19.9 Å². The van der Waals surface area contributed by atoms with E-state index in [1.54, 1.807) is 0 Å². The van der Waals surface area contributed by atoms with Gasteiger partial charge < -0.3 is 20.7 Å². The van der Waals surface area contributed by atoms with Crippen LogP contribution < -0.4 is 16.0 Å². The zero-order chi connectivity index (χ0) is 20.8. The number of primary amides is 1. The van der Waals surface area contributed by atoms with Crippen LogP contribution in [0.3, 0.4) is 0 Å². The molecule has 3 N–H and O–H groups in total. The number of nitrogens with two attached hydrogens (primary N) is 1. The minimum atomic E-state index is -5.20. The molecule has 1 aliphatic heterocycles. The molecule has 27 heavy (non-hydrogen) atoms. The summed E-state index contributed by atoms with van der Waals surface area (Å²) in [6, 6.07) is 5.54. The third kappa shape index (κ3) is 3.56. The van der Waals surface area contributed by atoms with Gasteiger partial charge in [-0.05, 0) is 26.8 Å². The van der Waals surface area contributed by atoms with E-state index in [2.05, 4.69) is 0 Å². The smallest absolute Gasteiger partial charge is 0.408 e. The number of alkyl carbamates (subject to hydrolysis) is 1. The number of amides is 3. The molecule has 0 aromatic heterocycles. The highest BCUT2D eigenvalue weighted by molar-refractivity contribution is 6.11. The van der Waals surface area contributed by atoms with Crippen molar-refractivity contribution in [3.05, 3.63) is 29.8 Å². The van der Waals surface area contributed by atoms with Gasteiger partial charge >= 0.3 is 12.3 Å². The van der Waals surface area contributed by atoms with Crippen molar-refractivity contribution in [2.45, 2.75) is 38.1 Å². The fourth-order valence-corrected chi connectivity index (χ4v) is 3.15. The lowest BCUT2D eigenvalue weighted by atomic mass is 9.77. The second kappa shape index (κ2) is 6.43. The average molecular weight is 387 g/mol. The van der Waals surface area contributed by atoms with Crippen LogP contribution in [0.15, 0.2) is 24.3 Å². The van der Waals surface area contributed by atoms with Gasteiger partial charge in [0, 0.05) is 18.3 Å². The van der Waals surface area contributed by atoms with E-state index in [9.17, 15) is 27.6 Å². The van der Waals surface area contributed by atoms with Crippen LogP contribution in [0.5, 0.6) is 0 Å². The van der Waals surface area contributed by atoms with Gasteiger partial charge in [-0.1, -0.05) is 18.2 Å². The molecule has 2 atom stereocenters. The third-order valence-electron chi connectivity index (χ3n) is 4.08. The summed E-state index contributed by atoms with van der Waals surface area (Å²) in [4.78, 5) is 38.0. The average Bonchev–Trinajstić information content (AvgIpc) is 2.67. The molecule has 3 amide bonds. The number of carbonyl (C=O) groups is 3. The molecule has 0 bridgehead atoms. The van der Waals surface area contributed by atoms with E-state index in [4.69, 9.17) is 10.5 Å². The van der Waals surface area contributed by atoms with Crippen molar-refractivity contribution in [3.63, 3.8) is 0 Å². The number of likely N-dealkylation sites (N-methyl/N-ethyl adjacent to an activating group) is 1. The summed E-state index contributed by atoms with van der Waals surface area (Å²) in [6.45, 7) is 4.52. The number of fused-ring (bicyclic) bond motifs is 1. The van der Waals surface area contributed by atoms with Crippen molar-refractivity contribution in [3.8, 4) is 0 Å². The maximum atomic E-state index is 13.8. The molecule has 1 aromatic rings. The van der Waals surface area contributed by atoms with Gasteiger partial charge in [-0.25, -0.2) is 4.79 Å². The fraction of sp³-hybridized carbons (Fsp3) is 0.471. The molecule has 0 saturated heterocycles. The zero-order valence-electron chi connectivity index (χ0n) is 15.2. The standard InChI is InChI=1S/C17H20F3N3O4/c1-15(2,3)27-14(26)22-16(11(12(21)24)17(18,19)20)9-7-5-6-8-10(9)23(4)13(16)25/h5-8,11H,1-4H3,(H2,21,24)(H,22,26)/t11-,16-/m1/s1. The van der Waals surface area contributed by atoms with E-state index in [1.807, 2.05) is 5.32 Å². The number of anilines is 1. The van der Waals surface area contributed by atoms with Crippen molar-refractivity contribution >= 4 is 23.6 Å². The van der Waals surface area contributed by atoms with Crippen molar-refractivity contribution < 1.29 is 32.3 Å². The van der Waals surface area contributed by atoms with Crippen LogP contribution in [0.2, 0.25) is 0 Å². The van der Waals surface area contributed by atoms with Gasteiger partial charge in [-0.3, -0.25) is 9.59 Å². The van der Waals surface area contributed by atoms with Crippen LogP contribution in [0, 0.1) is 5.92 Å². The van der Waals surface area contributed by atoms with Crippen LogP contribution in [-0.4, -0.2) is 36.7 Å². The van der Waals surface area contributed by atoms with Gasteiger partial charge in [0.15, 0.2) is 11.5 Å². The van der Waals surface area contributed by atoms with Crippen LogP contribution in [0.25, 0.3) is 0 Å². The van der Waals surface area contributed by atoms with Crippen molar-refractivity contribution in [1.29, 1.82) is 0 Å². The van der Waals surface area contributed by atoms with Crippen LogP contribution in [0.4, 0.5) is 23.7 Å². The molecule has 0 saturated carbocycles. The SMILES string of the molecule is CN1C(=O)[C@](NC(=O)OC(C)(C)C)([C@@H](C(N)=O)C(F)(F)F)c2ccccc21. The van der Waals surface area contributed by atoms with Crippen molar-refractivity contribution in [2.24, 2.45) is 11.7 Å². The molecule has 7 nitrogen and oxygen atoms in total. The fourth-order valence-electron chi connectivity index (χ4n) is 3.15.